The standard InChI is InChI=1S/C14H24O4/c1-3-5-9-14(13(17)18,10-6-4-2)11-7-8-12(15)16/h7,11H,3-6,8-10H2,1-2H3,(H,15,16)(H,17,18). The van der Waals surface area contributed by atoms with Gasteiger partial charge in [-0.05, 0) is 12.8 Å². The number of carboxylic acids is 2. The van der Waals surface area contributed by atoms with Crippen LogP contribution in [0.1, 0.15) is 58.8 Å². The molecule has 0 saturated heterocycles. The van der Waals surface area contributed by atoms with Crippen molar-refractivity contribution in [3.8, 4) is 0 Å². The number of carboxylic acid groups (broad SMARTS) is 2. The van der Waals surface area contributed by atoms with E-state index >= 15 is 0 Å². The van der Waals surface area contributed by atoms with Gasteiger partial charge in [0.15, 0.2) is 0 Å². The van der Waals surface area contributed by atoms with Gasteiger partial charge in [0, 0.05) is 0 Å². The topological polar surface area (TPSA) is 74.6 Å². The zero-order valence-corrected chi connectivity index (χ0v) is 11.3. The molecular weight excluding hydrogens is 232 g/mol. The van der Waals surface area contributed by atoms with E-state index in [0.29, 0.717) is 12.8 Å². The Labute approximate surface area is 109 Å². The fraction of sp³-hybridized carbons (Fsp3) is 0.714. The highest BCUT2D eigenvalue weighted by Crippen LogP contribution is 2.33. The van der Waals surface area contributed by atoms with Crippen LogP contribution >= 0.6 is 0 Å². The maximum absolute atomic E-state index is 11.5. The molecule has 4 heteroatoms. The molecule has 104 valence electrons. The minimum Gasteiger partial charge on any atom is -0.481 e. The van der Waals surface area contributed by atoms with E-state index in [1.165, 1.54) is 6.08 Å². The van der Waals surface area contributed by atoms with Crippen LogP contribution in [0.5, 0.6) is 0 Å². The average Bonchev–Trinajstić information content (AvgIpc) is 2.31. The van der Waals surface area contributed by atoms with E-state index in [4.69, 9.17) is 5.11 Å². The number of carbonyl (C=O) groups is 2. The lowest BCUT2D eigenvalue weighted by atomic mass is 9.78. The van der Waals surface area contributed by atoms with Crippen LogP contribution < -0.4 is 0 Å². The first-order chi connectivity index (χ1) is 8.48. The van der Waals surface area contributed by atoms with Crippen molar-refractivity contribution in [1.82, 2.24) is 0 Å². The molecule has 0 fully saturated rings. The summed E-state index contributed by atoms with van der Waals surface area (Å²) in [6.07, 6.45) is 7.66. The summed E-state index contributed by atoms with van der Waals surface area (Å²) in [5.74, 6) is -1.78. The molecule has 0 heterocycles. The number of aliphatic carboxylic acids is 2. The van der Waals surface area contributed by atoms with Crippen molar-refractivity contribution in [2.24, 2.45) is 5.41 Å². The van der Waals surface area contributed by atoms with Gasteiger partial charge in [-0.25, -0.2) is 0 Å². The van der Waals surface area contributed by atoms with Crippen molar-refractivity contribution in [3.05, 3.63) is 12.2 Å². The van der Waals surface area contributed by atoms with Gasteiger partial charge in [-0.15, -0.1) is 0 Å². The zero-order valence-electron chi connectivity index (χ0n) is 11.3. The summed E-state index contributed by atoms with van der Waals surface area (Å²) in [6.45, 7) is 4.04. The number of unbranched alkanes of at least 4 members (excludes halogenated alkanes) is 2. The molecule has 0 aromatic carbocycles. The summed E-state index contributed by atoms with van der Waals surface area (Å²) in [5, 5.41) is 18.0. The first-order valence-corrected chi connectivity index (χ1v) is 6.61. The zero-order chi connectivity index (χ0) is 14.0. The average molecular weight is 256 g/mol. The second kappa shape index (κ2) is 8.72. The molecule has 0 aliphatic heterocycles. The van der Waals surface area contributed by atoms with Gasteiger partial charge < -0.3 is 10.2 Å². The molecule has 0 amide bonds. The molecule has 0 saturated carbocycles. The third-order valence-corrected chi connectivity index (χ3v) is 3.11. The van der Waals surface area contributed by atoms with Crippen molar-refractivity contribution in [2.75, 3.05) is 0 Å². The number of hydrogen-bond acceptors (Lipinski definition) is 2. The number of rotatable bonds is 10. The van der Waals surface area contributed by atoms with Crippen molar-refractivity contribution in [3.63, 3.8) is 0 Å². The third kappa shape index (κ3) is 5.84. The van der Waals surface area contributed by atoms with Crippen LogP contribution in [0.15, 0.2) is 12.2 Å². The summed E-state index contributed by atoms with van der Waals surface area (Å²) >= 11 is 0. The van der Waals surface area contributed by atoms with Crippen LogP contribution in [0, 0.1) is 5.41 Å². The highest BCUT2D eigenvalue weighted by molar-refractivity contribution is 5.77. The molecule has 18 heavy (non-hydrogen) atoms. The predicted molar refractivity (Wildman–Crippen MR) is 70.5 cm³/mol. The van der Waals surface area contributed by atoms with Crippen molar-refractivity contribution < 1.29 is 19.8 Å². The van der Waals surface area contributed by atoms with Crippen molar-refractivity contribution in [1.29, 1.82) is 0 Å². The Bertz CT molecular complexity index is 286. The summed E-state index contributed by atoms with van der Waals surface area (Å²) in [4.78, 5) is 22.0. The van der Waals surface area contributed by atoms with Gasteiger partial charge in [0.2, 0.25) is 0 Å². The van der Waals surface area contributed by atoms with Gasteiger partial charge in [-0.1, -0.05) is 51.7 Å². The lowest BCUT2D eigenvalue weighted by molar-refractivity contribution is -0.147. The molecule has 0 atom stereocenters. The van der Waals surface area contributed by atoms with Crippen LogP contribution in [-0.4, -0.2) is 22.2 Å². The Hall–Kier alpha value is -1.32. The van der Waals surface area contributed by atoms with Gasteiger partial charge in [-0.3, -0.25) is 9.59 Å². The second-order valence-electron chi connectivity index (χ2n) is 4.67. The fourth-order valence-electron chi connectivity index (χ4n) is 1.95. The van der Waals surface area contributed by atoms with E-state index in [9.17, 15) is 14.7 Å². The molecule has 0 aliphatic rings. The normalized spacial score (nSPS) is 11.9. The van der Waals surface area contributed by atoms with Crippen LogP contribution in [-0.2, 0) is 9.59 Å². The summed E-state index contributed by atoms with van der Waals surface area (Å²) < 4.78 is 0. The Balaban J connectivity index is 4.86. The van der Waals surface area contributed by atoms with Crippen LogP contribution in [0.25, 0.3) is 0 Å². The molecule has 0 bridgehead atoms. The minimum atomic E-state index is -0.934. The van der Waals surface area contributed by atoms with Crippen molar-refractivity contribution in [2.45, 2.75) is 58.8 Å². The Morgan fingerprint density at radius 1 is 1.06 bits per heavy atom. The van der Waals surface area contributed by atoms with E-state index in [2.05, 4.69) is 0 Å². The summed E-state index contributed by atoms with van der Waals surface area (Å²) in [7, 11) is 0. The molecule has 0 rings (SSSR count). The van der Waals surface area contributed by atoms with E-state index < -0.39 is 17.4 Å². The van der Waals surface area contributed by atoms with E-state index in [-0.39, 0.29) is 6.42 Å². The Morgan fingerprint density at radius 3 is 1.89 bits per heavy atom. The van der Waals surface area contributed by atoms with E-state index in [1.54, 1.807) is 6.08 Å². The van der Waals surface area contributed by atoms with E-state index in [1.807, 2.05) is 13.8 Å². The monoisotopic (exact) mass is 256 g/mol. The predicted octanol–water partition coefficient (Wildman–Crippen LogP) is 3.47. The maximum atomic E-state index is 11.5. The lowest BCUT2D eigenvalue weighted by Gasteiger charge is -2.26. The first-order valence-electron chi connectivity index (χ1n) is 6.61. The summed E-state index contributed by atoms with van der Waals surface area (Å²) in [5.41, 5.74) is -0.887. The van der Waals surface area contributed by atoms with Crippen LogP contribution in [0.4, 0.5) is 0 Å². The van der Waals surface area contributed by atoms with Crippen LogP contribution in [0.3, 0.4) is 0 Å². The van der Waals surface area contributed by atoms with Gasteiger partial charge in [0.05, 0.1) is 11.8 Å². The molecule has 0 aromatic rings. The Kier molecular flexibility index (Phi) is 8.08. The van der Waals surface area contributed by atoms with E-state index in [0.717, 1.165) is 25.7 Å². The minimum absolute atomic E-state index is 0.118. The smallest absolute Gasteiger partial charge is 0.313 e. The van der Waals surface area contributed by atoms with Gasteiger partial charge in [0.1, 0.15) is 0 Å². The molecular formula is C14H24O4. The maximum Gasteiger partial charge on any atom is 0.313 e. The second-order valence-corrected chi connectivity index (χ2v) is 4.67. The number of hydrogen-bond donors (Lipinski definition) is 2. The van der Waals surface area contributed by atoms with Gasteiger partial charge in [-0.2, -0.15) is 0 Å². The highest BCUT2D eigenvalue weighted by Gasteiger charge is 2.34. The lowest BCUT2D eigenvalue weighted by Crippen LogP contribution is -2.29. The molecule has 2 N–H and O–H groups in total. The van der Waals surface area contributed by atoms with Crippen molar-refractivity contribution >= 4 is 11.9 Å². The molecule has 0 aliphatic carbocycles. The van der Waals surface area contributed by atoms with Gasteiger partial charge in [0.25, 0.3) is 0 Å². The quantitative estimate of drug-likeness (QED) is 0.587. The SMILES string of the molecule is CCCCC(C=CCC(=O)O)(CCCC)C(=O)O. The fourth-order valence-corrected chi connectivity index (χ4v) is 1.95. The van der Waals surface area contributed by atoms with Gasteiger partial charge >= 0.3 is 11.9 Å². The summed E-state index contributed by atoms with van der Waals surface area (Å²) in [6, 6.07) is 0. The molecule has 0 spiro atoms. The molecule has 0 aromatic heterocycles. The molecule has 4 nitrogen and oxygen atoms in total. The molecule has 0 radical (unpaired) electrons. The molecule has 0 unspecified atom stereocenters. The van der Waals surface area contributed by atoms with Crippen LogP contribution in [0.2, 0.25) is 0 Å². The largest absolute Gasteiger partial charge is 0.481 e. The third-order valence-electron chi connectivity index (χ3n) is 3.11. The highest BCUT2D eigenvalue weighted by atomic mass is 16.4. The first kappa shape index (κ1) is 16.7. The Morgan fingerprint density at radius 2 is 1.56 bits per heavy atom.